The van der Waals surface area contributed by atoms with Crippen LogP contribution in [0.3, 0.4) is 0 Å². The lowest BCUT2D eigenvalue weighted by Crippen LogP contribution is -2.32. The fourth-order valence-electron chi connectivity index (χ4n) is 2.06. The Morgan fingerprint density at radius 2 is 2.11 bits per heavy atom. The van der Waals surface area contributed by atoms with Crippen LogP contribution in [0, 0.1) is 0 Å². The molecule has 0 fully saturated rings. The van der Waals surface area contributed by atoms with Crippen LogP contribution in [0.2, 0.25) is 0 Å². The molecule has 2 atom stereocenters. The zero-order valence-corrected chi connectivity index (χ0v) is 14.7. The molecule has 0 saturated carbocycles. The molecule has 0 aromatic heterocycles. The van der Waals surface area contributed by atoms with Gasteiger partial charge in [0.15, 0.2) is 0 Å². The van der Waals surface area contributed by atoms with Gasteiger partial charge in [0.2, 0.25) is 0 Å². The second-order valence-electron chi connectivity index (χ2n) is 5.06. The molecule has 2 unspecified atom stereocenters. The third-order valence-corrected chi connectivity index (χ3v) is 4.81. The van der Waals surface area contributed by atoms with Crippen LogP contribution in [0.1, 0.15) is 25.8 Å². The van der Waals surface area contributed by atoms with Crippen LogP contribution < -0.4 is 10.6 Å². The van der Waals surface area contributed by atoms with Gasteiger partial charge in [0.1, 0.15) is 0 Å². The van der Waals surface area contributed by atoms with Crippen LogP contribution >= 0.6 is 27.7 Å². The van der Waals surface area contributed by atoms with E-state index in [1.54, 1.807) is 0 Å². The first-order valence-electron chi connectivity index (χ1n) is 6.75. The van der Waals surface area contributed by atoms with Gasteiger partial charge in [-0.15, -0.1) is 0 Å². The Morgan fingerprint density at radius 1 is 1.42 bits per heavy atom. The van der Waals surface area contributed by atoms with E-state index in [1.807, 2.05) is 11.8 Å². The Hall–Kier alpha value is -0.190. The third kappa shape index (κ3) is 5.01. The fourth-order valence-corrected chi connectivity index (χ4v) is 3.11. The monoisotopic (exact) mass is 344 g/mol. The number of benzene rings is 1. The molecule has 108 valence electrons. The summed E-state index contributed by atoms with van der Waals surface area (Å²) in [6.07, 6.45) is 4.11. The molecule has 0 aliphatic rings. The summed E-state index contributed by atoms with van der Waals surface area (Å²) < 4.78 is 1.12. The summed E-state index contributed by atoms with van der Waals surface area (Å²) in [6.45, 7) is 4.41. The standard InChI is InChI=1S/C15H25BrN2S/c1-5-14(17)8-12-6-7-13(16)9-15(12)18(3)11(2)10-19-4/h6-7,9,11,14H,5,8,10,17H2,1-4H3. The molecule has 1 aromatic carbocycles. The zero-order chi connectivity index (χ0) is 14.4. The Bertz CT molecular complexity index is 398. The van der Waals surface area contributed by atoms with Gasteiger partial charge in [-0.3, -0.25) is 0 Å². The molecule has 0 bridgehead atoms. The van der Waals surface area contributed by atoms with Gasteiger partial charge in [-0.2, -0.15) is 11.8 Å². The maximum absolute atomic E-state index is 6.11. The summed E-state index contributed by atoms with van der Waals surface area (Å²) in [5.74, 6) is 1.13. The predicted octanol–water partition coefficient (Wildman–Crippen LogP) is 3.92. The molecule has 2 N–H and O–H groups in total. The number of halogens is 1. The highest BCUT2D eigenvalue weighted by Gasteiger charge is 2.15. The van der Waals surface area contributed by atoms with Crippen LogP contribution in [0.5, 0.6) is 0 Å². The van der Waals surface area contributed by atoms with E-state index in [4.69, 9.17) is 5.73 Å². The van der Waals surface area contributed by atoms with E-state index in [1.165, 1.54) is 11.3 Å². The number of nitrogens with two attached hydrogens (primary N) is 1. The highest BCUT2D eigenvalue weighted by atomic mass is 79.9. The van der Waals surface area contributed by atoms with Crippen LogP contribution in [-0.4, -0.2) is 31.1 Å². The molecule has 4 heteroatoms. The quantitative estimate of drug-likeness (QED) is 0.812. The molecule has 2 nitrogen and oxygen atoms in total. The van der Waals surface area contributed by atoms with Crippen LogP contribution in [0.4, 0.5) is 5.69 Å². The molecule has 0 radical (unpaired) electrons. The Kier molecular flexibility index (Phi) is 7.26. The van der Waals surface area contributed by atoms with Crippen molar-refractivity contribution < 1.29 is 0 Å². The van der Waals surface area contributed by atoms with Crippen LogP contribution in [0.25, 0.3) is 0 Å². The summed E-state index contributed by atoms with van der Waals surface area (Å²) in [4.78, 5) is 2.36. The van der Waals surface area contributed by atoms with E-state index < -0.39 is 0 Å². The topological polar surface area (TPSA) is 29.3 Å². The summed E-state index contributed by atoms with van der Waals surface area (Å²) >= 11 is 5.46. The molecule has 0 saturated heterocycles. The van der Waals surface area contributed by atoms with Gasteiger partial charge in [-0.25, -0.2) is 0 Å². The zero-order valence-electron chi connectivity index (χ0n) is 12.3. The van der Waals surface area contributed by atoms with Crippen molar-refractivity contribution in [3.63, 3.8) is 0 Å². The first kappa shape index (κ1) is 16.9. The molecule has 0 spiro atoms. The van der Waals surface area contributed by atoms with Crippen LogP contribution in [0.15, 0.2) is 22.7 Å². The highest BCUT2D eigenvalue weighted by Crippen LogP contribution is 2.27. The number of nitrogens with zero attached hydrogens (tertiary/aromatic N) is 1. The molecule has 0 heterocycles. The molecule has 19 heavy (non-hydrogen) atoms. The average Bonchev–Trinajstić information content (AvgIpc) is 2.40. The lowest BCUT2D eigenvalue weighted by molar-refractivity contribution is 0.643. The normalized spacial score (nSPS) is 14.2. The Balaban J connectivity index is 2.99. The van der Waals surface area contributed by atoms with Gasteiger partial charge in [-0.05, 0) is 43.7 Å². The number of hydrogen-bond acceptors (Lipinski definition) is 3. The second-order valence-corrected chi connectivity index (χ2v) is 6.89. The molecular formula is C15H25BrN2S. The smallest absolute Gasteiger partial charge is 0.0410 e. The molecule has 1 aromatic rings. The van der Waals surface area contributed by atoms with Crippen molar-refractivity contribution in [2.75, 3.05) is 24.0 Å². The van der Waals surface area contributed by atoms with Gasteiger partial charge >= 0.3 is 0 Å². The van der Waals surface area contributed by atoms with Crippen molar-refractivity contribution in [2.24, 2.45) is 5.73 Å². The Morgan fingerprint density at radius 3 is 2.68 bits per heavy atom. The largest absolute Gasteiger partial charge is 0.371 e. The lowest BCUT2D eigenvalue weighted by Gasteiger charge is -2.29. The molecule has 0 aliphatic carbocycles. The van der Waals surface area contributed by atoms with Crippen molar-refractivity contribution >= 4 is 33.4 Å². The minimum Gasteiger partial charge on any atom is -0.371 e. The lowest BCUT2D eigenvalue weighted by atomic mass is 10.0. The maximum atomic E-state index is 6.11. The summed E-state index contributed by atoms with van der Waals surface area (Å²) in [6, 6.07) is 7.25. The summed E-state index contributed by atoms with van der Waals surface area (Å²) in [5.41, 5.74) is 8.74. The predicted molar refractivity (Wildman–Crippen MR) is 92.4 cm³/mol. The van der Waals surface area contributed by atoms with E-state index >= 15 is 0 Å². The minimum absolute atomic E-state index is 0.240. The first-order chi connectivity index (χ1) is 8.99. The van der Waals surface area contributed by atoms with Crippen molar-refractivity contribution in [3.05, 3.63) is 28.2 Å². The summed E-state index contributed by atoms with van der Waals surface area (Å²) in [5, 5.41) is 0. The first-order valence-corrected chi connectivity index (χ1v) is 8.94. The molecule has 1 rings (SSSR count). The van der Waals surface area contributed by atoms with Gasteiger partial charge in [0.25, 0.3) is 0 Å². The fraction of sp³-hybridized carbons (Fsp3) is 0.600. The minimum atomic E-state index is 0.240. The van der Waals surface area contributed by atoms with E-state index in [-0.39, 0.29) is 6.04 Å². The van der Waals surface area contributed by atoms with Crippen LogP contribution in [-0.2, 0) is 6.42 Å². The van der Waals surface area contributed by atoms with Crippen molar-refractivity contribution in [2.45, 2.75) is 38.8 Å². The van der Waals surface area contributed by atoms with Gasteiger partial charge in [-0.1, -0.05) is 28.9 Å². The van der Waals surface area contributed by atoms with E-state index in [9.17, 15) is 0 Å². The van der Waals surface area contributed by atoms with Crippen molar-refractivity contribution in [1.29, 1.82) is 0 Å². The number of anilines is 1. The molecule has 0 aliphatic heterocycles. The van der Waals surface area contributed by atoms with Gasteiger partial charge in [0.05, 0.1) is 0 Å². The third-order valence-electron chi connectivity index (χ3n) is 3.50. The maximum Gasteiger partial charge on any atom is 0.0410 e. The molecular weight excluding hydrogens is 320 g/mol. The van der Waals surface area contributed by atoms with E-state index in [0.29, 0.717) is 6.04 Å². The summed E-state index contributed by atoms with van der Waals surface area (Å²) in [7, 11) is 2.17. The van der Waals surface area contributed by atoms with E-state index in [2.05, 4.69) is 66.2 Å². The number of rotatable bonds is 7. The SMILES string of the molecule is CCC(N)Cc1ccc(Br)cc1N(C)C(C)CSC. The highest BCUT2D eigenvalue weighted by molar-refractivity contribution is 9.10. The average molecular weight is 345 g/mol. The van der Waals surface area contributed by atoms with Crippen molar-refractivity contribution in [1.82, 2.24) is 0 Å². The number of thioether (sulfide) groups is 1. The molecule has 0 amide bonds. The van der Waals surface area contributed by atoms with Gasteiger partial charge < -0.3 is 10.6 Å². The van der Waals surface area contributed by atoms with Gasteiger partial charge in [0, 0.05) is 35.0 Å². The van der Waals surface area contributed by atoms with Crippen molar-refractivity contribution in [3.8, 4) is 0 Å². The second kappa shape index (κ2) is 8.18. The van der Waals surface area contributed by atoms with E-state index in [0.717, 1.165) is 23.1 Å². The Labute approximate surface area is 130 Å². The number of hydrogen-bond donors (Lipinski definition) is 1.